The third-order valence-electron chi connectivity index (χ3n) is 4.27. The summed E-state index contributed by atoms with van der Waals surface area (Å²) in [5.74, 6) is 1.71. The van der Waals surface area contributed by atoms with Crippen molar-refractivity contribution in [1.29, 1.82) is 0 Å². The molecule has 1 aliphatic rings. The molecule has 1 aliphatic heterocycles. The number of fused-ring (bicyclic) bond motifs is 1. The Morgan fingerprint density at radius 1 is 0.783 bits per heavy atom. The molecular formula is C19H20N4. The van der Waals surface area contributed by atoms with Crippen LogP contribution in [0.3, 0.4) is 0 Å². The molecule has 4 nitrogen and oxygen atoms in total. The van der Waals surface area contributed by atoms with E-state index in [9.17, 15) is 0 Å². The average Bonchev–Trinajstić information content (AvgIpc) is 2.63. The van der Waals surface area contributed by atoms with Gasteiger partial charge in [0, 0.05) is 24.2 Å². The van der Waals surface area contributed by atoms with Crippen LogP contribution in [0.4, 0.5) is 17.5 Å². The highest BCUT2D eigenvalue weighted by molar-refractivity contribution is 5.90. The van der Waals surface area contributed by atoms with E-state index in [0.717, 1.165) is 35.5 Å². The van der Waals surface area contributed by atoms with Crippen molar-refractivity contribution in [2.75, 3.05) is 23.3 Å². The van der Waals surface area contributed by atoms with Crippen molar-refractivity contribution in [3.8, 4) is 0 Å². The largest absolute Gasteiger partial charge is 0.356 e. The average molecular weight is 304 g/mol. The summed E-state index contributed by atoms with van der Waals surface area (Å²) in [6.45, 7) is 2.15. The maximum atomic E-state index is 4.82. The minimum atomic E-state index is 0.662. The van der Waals surface area contributed by atoms with E-state index >= 15 is 0 Å². The smallest absolute Gasteiger partial charge is 0.229 e. The summed E-state index contributed by atoms with van der Waals surface area (Å²) in [4.78, 5) is 11.9. The number of benzene rings is 2. The van der Waals surface area contributed by atoms with Gasteiger partial charge in [0.15, 0.2) is 0 Å². The molecular weight excluding hydrogens is 284 g/mol. The van der Waals surface area contributed by atoms with Crippen LogP contribution in [0.15, 0.2) is 54.6 Å². The van der Waals surface area contributed by atoms with Crippen LogP contribution in [-0.4, -0.2) is 23.1 Å². The lowest BCUT2D eigenvalue weighted by Crippen LogP contribution is -2.30. The molecule has 0 radical (unpaired) electrons. The predicted molar refractivity (Wildman–Crippen MR) is 95.3 cm³/mol. The van der Waals surface area contributed by atoms with Crippen molar-refractivity contribution in [2.24, 2.45) is 0 Å². The summed E-state index contributed by atoms with van der Waals surface area (Å²) < 4.78 is 0. The molecule has 4 heteroatoms. The van der Waals surface area contributed by atoms with Gasteiger partial charge in [-0.15, -0.1) is 0 Å². The molecule has 1 saturated heterocycles. The van der Waals surface area contributed by atoms with Gasteiger partial charge in [-0.2, -0.15) is 4.98 Å². The molecule has 0 amide bonds. The number of nitrogens with zero attached hydrogens (tertiary/aromatic N) is 3. The Hall–Kier alpha value is -2.62. The first kappa shape index (κ1) is 14.0. The molecule has 0 atom stereocenters. The Morgan fingerprint density at radius 3 is 2.35 bits per heavy atom. The molecule has 1 aromatic heterocycles. The maximum Gasteiger partial charge on any atom is 0.229 e. The zero-order chi connectivity index (χ0) is 15.5. The van der Waals surface area contributed by atoms with Gasteiger partial charge in [-0.05, 0) is 43.5 Å². The van der Waals surface area contributed by atoms with Crippen LogP contribution in [0, 0.1) is 0 Å². The second-order valence-electron chi connectivity index (χ2n) is 5.93. The molecule has 0 saturated carbocycles. The summed E-state index contributed by atoms with van der Waals surface area (Å²) in [5, 5.41) is 4.46. The van der Waals surface area contributed by atoms with Crippen molar-refractivity contribution in [3.63, 3.8) is 0 Å². The number of rotatable bonds is 3. The van der Waals surface area contributed by atoms with E-state index in [-0.39, 0.29) is 0 Å². The van der Waals surface area contributed by atoms with Crippen molar-refractivity contribution in [3.05, 3.63) is 54.6 Å². The number of hydrogen-bond donors (Lipinski definition) is 1. The van der Waals surface area contributed by atoms with Crippen molar-refractivity contribution >= 4 is 28.4 Å². The topological polar surface area (TPSA) is 41.1 Å². The van der Waals surface area contributed by atoms with E-state index in [1.54, 1.807) is 0 Å². The Balaban J connectivity index is 1.76. The van der Waals surface area contributed by atoms with Crippen LogP contribution in [-0.2, 0) is 0 Å². The fourth-order valence-electron chi connectivity index (χ4n) is 3.11. The molecule has 1 N–H and O–H groups in total. The first-order chi connectivity index (χ1) is 11.4. The van der Waals surface area contributed by atoms with E-state index in [1.807, 2.05) is 36.4 Å². The Kier molecular flexibility index (Phi) is 3.80. The minimum Gasteiger partial charge on any atom is -0.356 e. The number of piperidine rings is 1. The molecule has 2 heterocycles. The highest BCUT2D eigenvalue weighted by atomic mass is 15.2. The second kappa shape index (κ2) is 6.24. The van der Waals surface area contributed by atoms with Crippen LogP contribution in [0.1, 0.15) is 19.3 Å². The van der Waals surface area contributed by atoms with Gasteiger partial charge in [0.2, 0.25) is 5.95 Å². The molecule has 0 bridgehead atoms. The lowest BCUT2D eigenvalue weighted by molar-refractivity contribution is 0.575. The molecule has 3 aromatic rings. The van der Waals surface area contributed by atoms with Gasteiger partial charge in [-0.3, -0.25) is 0 Å². The normalized spacial score (nSPS) is 14.9. The first-order valence-electron chi connectivity index (χ1n) is 8.24. The van der Waals surface area contributed by atoms with Crippen LogP contribution >= 0.6 is 0 Å². The minimum absolute atomic E-state index is 0.662. The fraction of sp³-hybridized carbons (Fsp3) is 0.263. The zero-order valence-electron chi connectivity index (χ0n) is 13.1. The fourth-order valence-corrected chi connectivity index (χ4v) is 3.11. The number of para-hydroxylation sites is 2. The molecule has 0 aliphatic carbocycles. The van der Waals surface area contributed by atoms with Crippen LogP contribution < -0.4 is 10.2 Å². The van der Waals surface area contributed by atoms with Gasteiger partial charge in [0.05, 0.1) is 5.52 Å². The van der Waals surface area contributed by atoms with Crippen molar-refractivity contribution in [2.45, 2.75) is 19.3 Å². The summed E-state index contributed by atoms with van der Waals surface area (Å²) in [5.41, 5.74) is 1.99. The summed E-state index contributed by atoms with van der Waals surface area (Å²) in [7, 11) is 0. The standard InChI is InChI=1S/C19H20N4/c1-3-9-15(10-4-1)20-19-21-17-12-6-5-11-16(17)18(22-19)23-13-7-2-8-14-23/h1,3-6,9-12H,2,7-8,13-14H2,(H,20,21,22). The number of aromatic nitrogens is 2. The van der Waals surface area contributed by atoms with Gasteiger partial charge >= 0.3 is 0 Å². The molecule has 1 fully saturated rings. The first-order valence-corrected chi connectivity index (χ1v) is 8.24. The number of nitrogens with one attached hydrogen (secondary N) is 1. The number of hydrogen-bond acceptors (Lipinski definition) is 4. The molecule has 2 aromatic carbocycles. The van der Waals surface area contributed by atoms with Gasteiger partial charge in [-0.1, -0.05) is 30.3 Å². The lowest BCUT2D eigenvalue weighted by atomic mass is 10.1. The van der Waals surface area contributed by atoms with E-state index in [4.69, 9.17) is 4.98 Å². The van der Waals surface area contributed by atoms with Gasteiger partial charge < -0.3 is 10.2 Å². The van der Waals surface area contributed by atoms with Crippen molar-refractivity contribution in [1.82, 2.24) is 9.97 Å². The Bertz CT molecular complexity index is 795. The van der Waals surface area contributed by atoms with E-state index < -0.39 is 0 Å². The molecule has 23 heavy (non-hydrogen) atoms. The van der Waals surface area contributed by atoms with Gasteiger partial charge in [0.25, 0.3) is 0 Å². The highest BCUT2D eigenvalue weighted by Crippen LogP contribution is 2.28. The molecule has 4 rings (SSSR count). The quantitative estimate of drug-likeness (QED) is 0.780. The van der Waals surface area contributed by atoms with Crippen LogP contribution in [0.25, 0.3) is 10.9 Å². The van der Waals surface area contributed by atoms with Gasteiger partial charge in [-0.25, -0.2) is 4.98 Å². The van der Waals surface area contributed by atoms with E-state index in [2.05, 4.69) is 33.4 Å². The molecule has 116 valence electrons. The monoisotopic (exact) mass is 304 g/mol. The van der Waals surface area contributed by atoms with Gasteiger partial charge in [0.1, 0.15) is 5.82 Å². The van der Waals surface area contributed by atoms with E-state index in [0.29, 0.717) is 5.95 Å². The zero-order valence-corrected chi connectivity index (χ0v) is 13.1. The van der Waals surface area contributed by atoms with Crippen LogP contribution in [0.2, 0.25) is 0 Å². The second-order valence-corrected chi connectivity index (χ2v) is 5.93. The van der Waals surface area contributed by atoms with Crippen LogP contribution in [0.5, 0.6) is 0 Å². The Labute approximate surface area is 136 Å². The predicted octanol–water partition coefficient (Wildman–Crippen LogP) is 4.36. The highest BCUT2D eigenvalue weighted by Gasteiger charge is 2.16. The summed E-state index contributed by atoms with van der Waals surface area (Å²) in [6, 6.07) is 18.3. The summed E-state index contributed by atoms with van der Waals surface area (Å²) in [6.07, 6.45) is 3.79. The molecule has 0 spiro atoms. The number of anilines is 3. The third-order valence-corrected chi connectivity index (χ3v) is 4.27. The van der Waals surface area contributed by atoms with E-state index in [1.165, 1.54) is 19.3 Å². The third kappa shape index (κ3) is 2.97. The molecule has 0 unspecified atom stereocenters. The lowest BCUT2D eigenvalue weighted by Gasteiger charge is -2.28. The SMILES string of the molecule is c1ccc(Nc2nc(N3CCCCC3)c3ccccc3n2)cc1. The summed E-state index contributed by atoms with van der Waals surface area (Å²) >= 11 is 0. The van der Waals surface area contributed by atoms with Crippen molar-refractivity contribution < 1.29 is 0 Å². The maximum absolute atomic E-state index is 4.82. The Morgan fingerprint density at radius 2 is 1.52 bits per heavy atom.